The molecule has 0 radical (unpaired) electrons. The monoisotopic (exact) mass is 271 g/mol. The Morgan fingerprint density at radius 3 is 3.11 bits per heavy atom. The van der Waals surface area contributed by atoms with Crippen LogP contribution in [-0.2, 0) is 9.53 Å². The minimum atomic E-state index is -0.0257. The van der Waals surface area contributed by atoms with E-state index in [1.807, 2.05) is 0 Å². The molecule has 1 fully saturated rings. The average molecular weight is 271 g/mol. The Hall–Kier alpha value is -1.08. The molecule has 6 nitrogen and oxygen atoms in total. The lowest BCUT2D eigenvalue weighted by Gasteiger charge is -2.02. The second kappa shape index (κ2) is 6.75. The molecule has 0 bridgehead atoms. The highest BCUT2D eigenvalue weighted by Crippen LogP contribution is 2.39. The number of nitrogens with one attached hydrogen (secondary N) is 1. The Balaban J connectivity index is 1.62. The molecule has 0 aromatic carbocycles. The van der Waals surface area contributed by atoms with Gasteiger partial charge in [0.25, 0.3) is 5.22 Å². The smallest absolute Gasteiger partial charge is 0.277 e. The zero-order valence-corrected chi connectivity index (χ0v) is 11.2. The first-order valence-corrected chi connectivity index (χ1v) is 7.00. The predicted molar refractivity (Wildman–Crippen MR) is 66.5 cm³/mol. The van der Waals surface area contributed by atoms with Crippen molar-refractivity contribution in [3.63, 3.8) is 0 Å². The SMILES string of the molecule is COCCCNC(=O)CSc1nnc(C2CC2)o1. The van der Waals surface area contributed by atoms with Gasteiger partial charge in [0.1, 0.15) is 0 Å². The first kappa shape index (κ1) is 13.4. The van der Waals surface area contributed by atoms with Crippen LogP contribution >= 0.6 is 11.8 Å². The highest BCUT2D eigenvalue weighted by Gasteiger charge is 2.29. The molecule has 1 aromatic heterocycles. The van der Waals surface area contributed by atoms with E-state index in [-0.39, 0.29) is 5.91 Å². The van der Waals surface area contributed by atoms with Gasteiger partial charge in [-0.2, -0.15) is 0 Å². The van der Waals surface area contributed by atoms with Gasteiger partial charge in [-0.15, -0.1) is 10.2 Å². The summed E-state index contributed by atoms with van der Waals surface area (Å²) in [5.74, 6) is 1.44. The third-order valence-corrected chi connectivity index (χ3v) is 3.34. The maximum Gasteiger partial charge on any atom is 0.277 e. The summed E-state index contributed by atoms with van der Waals surface area (Å²) in [6, 6.07) is 0. The van der Waals surface area contributed by atoms with Gasteiger partial charge in [-0.3, -0.25) is 4.79 Å². The minimum absolute atomic E-state index is 0.0257. The standard InChI is InChI=1S/C11H17N3O3S/c1-16-6-2-5-12-9(15)7-18-11-14-13-10(17-11)8-3-4-8/h8H,2-7H2,1H3,(H,12,15). The summed E-state index contributed by atoms with van der Waals surface area (Å²) in [6.45, 7) is 1.28. The molecular formula is C11H17N3O3S. The van der Waals surface area contributed by atoms with E-state index < -0.39 is 0 Å². The Morgan fingerprint density at radius 2 is 2.39 bits per heavy atom. The minimum Gasteiger partial charge on any atom is -0.416 e. The molecule has 1 aliphatic rings. The molecule has 1 heterocycles. The van der Waals surface area contributed by atoms with Crippen LogP contribution in [0.25, 0.3) is 0 Å². The van der Waals surface area contributed by atoms with Gasteiger partial charge >= 0.3 is 0 Å². The molecule has 1 aliphatic carbocycles. The molecule has 100 valence electrons. The third kappa shape index (κ3) is 4.30. The quantitative estimate of drug-likeness (QED) is 0.565. The molecule has 1 saturated carbocycles. The van der Waals surface area contributed by atoms with Gasteiger partial charge in [-0.05, 0) is 19.3 Å². The van der Waals surface area contributed by atoms with Gasteiger partial charge in [0.2, 0.25) is 11.8 Å². The molecular weight excluding hydrogens is 254 g/mol. The van der Waals surface area contributed by atoms with Crippen molar-refractivity contribution in [2.24, 2.45) is 0 Å². The highest BCUT2D eigenvalue weighted by molar-refractivity contribution is 7.99. The summed E-state index contributed by atoms with van der Waals surface area (Å²) in [7, 11) is 1.64. The van der Waals surface area contributed by atoms with Crippen LogP contribution in [0.1, 0.15) is 31.1 Å². The lowest BCUT2D eigenvalue weighted by atomic mass is 10.4. The summed E-state index contributed by atoms with van der Waals surface area (Å²) in [5.41, 5.74) is 0. The highest BCUT2D eigenvalue weighted by atomic mass is 32.2. The fourth-order valence-electron chi connectivity index (χ4n) is 1.40. The zero-order valence-electron chi connectivity index (χ0n) is 10.3. The van der Waals surface area contributed by atoms with E-state index in [9.17, 15) is 4.79 Å². The summed E-state index contributed by atoms with van der Waals surface area (Å²) in [5, 5.41) is 11.1. The largest absolute Gasteiger partial charge is 0.416 e. The van der Waals surface area contributed by atoms with Crippen LogP contribution in [-0.4, -0.2) is 42.1 Å². The number of carbonyl (C=O) groups is 1. The number of aromatic nitrogens is 2. The van der Waals surface area contributed by atoms with Crippen LogP contribution < -0.4 is 5.32 Å². The van der Waals surface area contributed by atoms with Crippen LogP contribution in [0.5, 0.6) is 0 Å². The summed E-state index contributed by atoms with van der Waals surface area (Å²) >= 11 is 1.27. The molecule has 0 unspecified atom stereocenters. The topological polar surface area (TPSA) is 77.2 Å². The van der Waals surface area contributed by atoms with Crippen molar-refractivity contribution in [3.05, 3.63) is 5.89 Å². The van der Waals surface area contributed by atoms with Crippen LogP contribution in [0.4, 0.5) is 0 Å². The molecule has 0 atom stereocenters. The second-order valence-electron chi connectivity index (χ2n) is 4.17. The Bertz CT molecular complexity index is 393. The molecule has 1 aromatic rings. The summed E-state index contributed by atoms with van der Waals surface area (Å²) < 4.78 is 10.3. The third-order valence-electron chi connectivity index (χ3n) is 2.52. The second-order valence-corrected chi connectivity index (χ2v) is 5.09. The van der Waals surface area contributed by atoms with E-state index in [4.69, 9.17) is 9.15 Å². The fraction of sp³-hybridized carbons (Fsp3) is 0.727. The van der Waals surface area contributed by atoms with Crippen molar-refractivity contribution in [2.75, 3.05) is 26.0 Å². The first-order valence-electron chi connectivity index (χ1n) is 6.01. The van der Waals surface area contributed by atoms with Crippen molar-refractivity contribution in [1.29, 1.82) is 0 Å². The molecule has 7 heteroatoms. The summed E-state index contributed by atoms with van der Waals surface area (Å²) in [6.07, 6.45) is 3.08. The van der Waals surface area contributed by atoms with Crippen molar-refractivity contribution in [1.82, 2.24) is 15.5 Å². The van der Waals surface area contributed by atoms with Crippen molar-refractivity contribution in [3.8, 4) is 0 Å². The number of ether oxygens (including phenoxy) is 1. The molecule has 18 heavy (non-hydrogen) atoms. The van der Waals surface area contributed by atoms with E-state index in [2.05, 4.69) is 15.5 Å². The molecule has 0 spiro atoms. The number of methoxy groups -OCH3 is 1. The van der Waals surface area contributed by atoms with Crippen LogP contribution in [0.2, 0.25) is 0 Å². The number of thioether (sulfide) groups is 1. The van der Waals surface area contributed by atoms with E-state index in [1.54, 1.807) is 7.11 Å². The Labute approximate surface area is 110 Å². The first-order chi connectivity index (χ1) is 8.79. The van der Waals surface area contributed by atoms with Crippen LogP contribution in [0.15, 0.2) is 9.64 Å². The van der Waals surface area contributed by atoms with E-state index >= 15 is 0 Å². The Morgan fingerprint density at radius 1 is 1.56 bits per heavy atom. The maximum atomic E-state index is 11.5. The van der Waals surface area contributed by atoms with Gasteiger partial charge in [-0.1, -0.05) is 11.8 Å². The number of hydrogen-bond donors (Lipinski definition) is 1. The summed E-state index contributed by atoms with van der Waals surface area (Å²) in [4.78, 5) is 11.5. The zero-order chi connectivity index (χ0) is 12.8. The predicted octanol–water partition coefficient (Wildman–Crippen LogP) is 1.19. The van der Waals surface area contributed by atoms with Gasteiger partial charge in [0.05, 0.1) is 5.75 Å². The van der Waals surface area contributed by atoms with E-state index in [1.165, 1.54) is 11.8 Å². The normalized spacial score (nSPS) is 14.7. The number of rotatable bonds is 8. The number of carbonyl (C=O) groups excluding carboxylic acids is 1. The average Bonchev–Trinajstić information content (AvgIpc) is 3.12. The van der Waals surface area contributed by atoms with Gasteiger partial charge in [0.15, 0.2) is 0 Å². The van der Waals surface area contributed by atoms with Gasteiger partial charge in [-0.25, -0.2) is 0 Å². The van der Waals surface area contributed by atoms with Crippen molar-refractivity contribution < 1.29 is 13.9 Å². The molecule has 1 amide bonds. The number of amides is 1. The maximum absolute atomic E-state index is 11.5. The van der Waals surface area contributed by atoms with E-state index in [0.29, 0.717) is 35.9 Å². The van der Waals surface area contributed by atoms with Gasteiger partial charge in [0, 0.05) is 26.2 Å². The van der Waals surface area contributed by atoms with Gasteiger partial charge < -0.3 is 14.5 Å². The van der Waals surface area contributed by atoms with Crippen molar-refractivity contribution in [2.45, 2.75) is 30.4 Å². The van der Waals surface area contributed by atoms with Crippen LogP contribution in [0, 0.1) is 0 Å². The number of hydrogen-bond acceptors (Lipinski definition) is 6. The van der Waals surface area contributed by atoms with E-state index in [0.717, 1.165) is 19.3 Å². The number of nitrogens with zero attached hydrogens (tertiary/aromatic N) is 2. The lowest BCUT2D eigenvalue weighted by molar-refractivity contribution is -0.118. The Kier molecular flexibility index (Phi) is 5.00. The lowest BCUT2D eigenvalue weighted by Crippen LogP contribution is -2.26. The molecule has 0 saturated heterocycles. The van der Waals surface area contributed by atoms with Crippen LogP contribution in [0.3, 0.4) is 0 Å². The fourth-order valence-corrected chi connectivity index (χ4v) is 2.00. The molecule has 0 aliphatic heterocycles. The van der Waals surface area contributed by atoms with Crippen molar-refractivity contribution >= 4 is 17.7 Å². The molecule has 1 N–H and O–H groups in total. The molecule has 2 rings (SSSR count).